The number of hydrogen-bond donors (Lipinski definition) is 0. The predicted molar refractivity (Wildman–Crippen MR) is 104 cm³/mol. The van der Waals surface area contributed by atoms with E-state index in [1.165, 1.54) is 4.31 Å². The molecule has 0 spiro atoms. The molecule has 0 atom stereocenters. The monoisotopic (exact) mass is 411 g/mol. The third-order valence-electron chi connectivity index (χ3n) is 4.57. The van der Waals surface area contributed by atoms with Gasteiger partial charge in [0.1, 0.15) is 29.1 Å². The summed E-state index contributed by atoms with van der Waals surface area (Å²) in [5, 5.41) is 0. The van der Waals surface area contributed by atoms with Gasteiger partial charge in [0, 0.05) is 51.9 Å². The van der Waals surface area contributed by atoms with Crippen LogP contribution in [0.1, 0.15) is 11.4 Å². The summed E-state index contributed by atoms with van der Waals surface area (Å²) in [5.74, 6) is 0.207. The highest BCUT2D eigenvalue weighted by Crippen LogP contribution is 2.22. The van der Waals surface area contributed by atoms with Gasteiger partial charge < -0.3 is 9.80 Å². The molecule has 7 nitrogen and oxygen atoms in total. The SMILES string of the molecule is Cc1nc(N(C)C)cc(N2CCN(S(=O)(=O)Cc3cc(F)ccc3F)CC2)n1. The van der Waals surface area contributed by atoms with E-state index in [1.807, 2.05) is 36.9 Å². The molecule has 28 heavy (non-hydrogen) atoms. The number of rotatable bonds is 5. The van der Waals surface area contributed by atoms with Gasteiger partial charge in [-0.3, -0.25) is 0 Å². The van der Waals surface area contributed by atoms with E-state index in [0.717, 1.165) is 29.8 Å². The quantitative estimate of drug-likeness (QED) is 0.747. The van der Waals surface area contributed by atoms with Crippen molar-refractivity contribution in [2.45, 2.75) is 12.7 Å². The Morgan fingerprint density at radius 3 is 2.39 bits per heavy atom. The van der Waals surface area contributed by atoms with Crippen LogP contribution >= 0.6 is 0 Å². The molecule has 1 aliphatic rings. The second kappa shape index (κ2) is 7.96. The van der Waals surface area contributed by atoms with Crippen molar-refractivity contribution in [3.63, 3.8) is 0 Å². The van der Waals surface area contributed by atoms with Crippen LogP contribution in [0, 0.1) is 18.6 Å². The van der Waals surface area contributed by atoms with Crippen molar-refractivity contribution in [3.8, 4) is 0 Å². The fourth-order valence-electron chi connectivity index (χ4n) is 3.06. The van der Waals surface area contributed by atoms with Crippen LogP contribution in [0.3, 0.4) is 0 Å². The molecule has 1 fully saturated rings. The van der Waals surface area contributed by atoms with Crippen LogP contribution < -0.4 is 9.80 Å². The number of aromatic nitrogens is 2. The van der Waals surface area contributed by atoms with Crippen molar-refractivity contribution in [3.05, 3.63) is 47.3 Å². The molecule has 0 amide bonds. The Balaban J connectivity index is 1.70. The van der Waals surface area contributed by atoms with E-state index in [9.17, 15) is 17.2 Å². The molecule has 3 rings (SSSR count). The summed E-state index contributed by atoms with van der Waals surface area (Å²) in [6, 6.07) is 4.70. The zero-order chi connectivity index (χ0) is 20.5. The zero-order valence-corrected chi connectivity index (χ0v) is 16.9. The average molecular weight is 411 g/mol. The van der Waals surface area contributed by atoms with Crippen LogP contribution in [0.4, 0.5) is 20.4 Å². The van der Waals surface area contributed by atoms with Crippen molar-refractivity contribution in [2.24, 2.45) is 0 Å². The van der Waals surface area contributed by atoms with Crippen molar-refractivity contribution in [1.82, 2.24) is 14.3 Å². The topological polar surface area (TPSA) is 69.6 Å². The van der Waals surface area contributed by atoms with Crippen LogP contribution in [-0.2, 0) is 15.8 Å². The van der Waals surface area contributed by atoms with Crippen LogP contribution in [0.5, 0.6) is 0 Å². The summed E-state index contributed by atoms with van der Waals surface area (Å²) in [7, 11) is 0.0290. The van der Waals surface area contributed by atoms with Gasteiger partial charge in [0.15, 0.2) is 0 Å². The van der Waals surface area contributed by atoms with E-state index in [4.69, 9.17) is 0 Å². The van der Waals surface area contributed by atoms with Gasteiger partial charge in [0.25, 0.3) is 0 Å². The molecule has 1 aromatic carbocycles. The van der Waals surface area contributed by atoms with Crippen molar-refractivity contribution in [1.29, 1.82) is 0 Å². The molecule has 10 heteroatoms. The van der Waals surface area contributed by atoms with Crippen LogP contribution in [0.2, 0.25) is 0 Å². The van der Waals surface area contributed by atoms with E-state index in [1.54, 1.807) is 0 Å². The third-order valence-corrected chi connectivity index (χ3v) is 6.40. The fourth-order valence-corrected chi connectivity index (χ4v) is 4.58. The molecular formula is C18H23F2N5O2S. The number of hydrogen-bond acceptors (Lipinski definition) is 6. The third kappa shape index (κ3) is 4.56. The number of anilines is 2. The second-order valence-electron chi connectivity index (χ2n) is 6.90. The fraction of sp³-hybridized carbons (Fsp3) is 0.444. The minimum atomic E-state index is -3.75. The maximum atomic E-state index is 13.8. The first-order valence-electron chi connectivity index (χ1n) is 8.85. The molecule has 1 saturated heterocycles. The number of sulfonamides is 1. The van der Waals surface area contributed by atoms with E-state index in [0.29, 0.717) is 18.9 Å². The van der Waals surface area contributed by atoms with Crippen LogP contribution in [-0.4, -0.2) is 63.0 Å². The van der Waals surface area contributed by atoms with E-state index in [-0.39, 0.29) is 18.7 Å². The first-order valence-corrected chi connectivity index (χ1v) is 10.5. The number of piperazine rings is 1. The summed E-state index contributed by atoms with van der Waals surface area (Å²) in [6.07, 6.45) is 0. The number of benzene rings is 1. The molecule has 0 saturated carbocycles. The molecule has 2 heterocycles. The summed E-state index contributed by atoms with van der Waals surface area (Å²) < 4.78 is 53.7. The highest BCUT2D eigenvalue weighted by molar-refractivity contribution is 7.88. The largest absolute Gasteiger partial charge is 0.363 e. The summed E-state index contributed by atoms with van der Waals surface area (Å²) in [6.45, 7) is 3.21. The second-order valence-corrected chi connectivity index (χ2v) is 8.87. The first-order chi connectivity index (χ1) is 13.2. The van der Waals surface area contributed by atoms with E-state index >= 15 is 0 Å². The van der Waals surface area contributed by atoms with Gasteiger partial charge in [-0.25, -0.2) is 27.2 Å². The molecule has 0 unspecified atom stereocenters. The maximum Gasteiger partial charge on any atom is 0.218 e. The van der Waals surface area contributed by atoms with Gasteiger partial charge in [0.2, 0.25) is 10.0 Å². The molecule has 1 aromatic heterocycles. The standard InChI is InChI=1S/C18H23F2N5O2S/c1-13-21-17(23(2)3)11-18(22-13)24-6-8-25(9-7-24)28(26,27)12-14-10-15(19)4-5-16(14)20/h4-5,10-11H,6-9,12H2,1-3H3. The Morgan fingerprint density at radius 2 is 1.75 bits per heavy atom. The van der Waals surface area contributed by atoms with Gasteiger partial charge in [-0.15, -0.1) is 0 Å². The minimum absolute atomic E-state index is 0.163. The lowest BCUT2D eigenvalue weighted by Gasteiger charge is -2.35. The summed E-state index contributed by atoms with van der Waals surface area (Å²) in [5.41, 5.74) is -0.163. The summed E-state index contributed by atoms with van der Waals surface area (Å²) in [4.78, 5) is 12.7. The normalized spacial score (nSPS) is 15.7. The Hall–Kier alpha value is -2.33. The number of aryl methyl sites for hydroxylation is 1. The maximum absolute atomic E-state index is 13.8. The lowest BCUT2D eigenvalue weighted by atomic mass is 10.2. The van der Waals surface area contributed by atoms with Crippen molar-refractivity contribution >= 4 is 21.7 Å². The molecular weight excluding hydrogens is 388 g/mol. The van der Waals surface area contributed by atoms with Gasteiger partial charge in [0.05, 0.1) is 5.75 Å². The average Bonchev–Trinajstić information content (AvgIpc) is 2.64. The zero-order valence-electron chi connectivity index (χ0n) is 16.1. The van der Waals surface area contributed by atoms with E-state index in [2.05, 4.69) is 9.97 Å². The molecule has 152 valence electrons. The lowest BCUT2D eigenvalue weighted by molar-refractivity contribution is 0.382. The Bertz CT molecular complexity index is 960. The van der Waals surface area contributed by atoms with E-state index < -0.39 is 27.4 Å². The lowest BCUT2D eigenvalue weighted by Crippen LogP contribution is -2.49. The van der Waals surface area contributed by atoms with Crippen molar-refractivity contribution < 1.29 is 17.2 Å². The number of nitrogens with zero attached hydrogens (tertiary/aromatic N) is 5. The molecule has 0 aliphatic carbocycles. The molecule has 0 bridgehead atoms. The Morgan fingerprint density at radius 1 is 1.07 bits per heavy atom. The number of halogens is 2. The van der Waals surface area contributed by atoms with Gasteiger partial charge in [-0.05, 0) is 25.1 Å². The highest BCUT2D eigenvalue weighted by atomic mass is 32.2. The van der Waals surface area contributed by atoms with Gasteiger partial charge >= 0.3 is 0 Å². The van der Waals surface area contributed by atoms with Crippen LogP contribution in [0.25, 0.3) is 0 Å². The Labute approximate surface area is 163 Å². The van der Waals surface area contributed by atoms with Crippen LogP contribution in [0.15, 0.2) is 24.3 Å². The Kier molecular flexibility index (Phi) is 5.80. The molecule has 0 radical (unpaired) electrons. The van der Waals surface area contributed by atoms with Crippen molar-refractivity contribution in [2.75, 3.05) is 50.1 Å². The highest BCUT2D eigenvalue weighted by Gasteiger charge is 2.29. The molecule has 2 aromatic rings. The minimum Gasteiger partial charge on any atom is -0.363 e. The first kappa shape index (κ1) is 20.4. The smallest absolute Gasteiger partial charge is 0.218 e. The molecule has 0 N–H and O–H groups in total. The predicted octanol–water partition coefficient (Wildman–Crippen LogP) is 1.78. The summed E-state index contributed by atoms with van der Waals surface area (Å²) >= 11 is 0. The van der Waals surface area contributed by atoms with Gasteiger partial charge in [-0.2, -0.15) is 4.31 Å². The van der Waals surface area contributed by atoms with Gasteiger partial charge in [-0.1, -0.05) is 0 Å². The molecule has 1 aliphatic heterocycles.